The van der Waals surface area contributed by atoms with Gasteiger partial charge in [-0.1, -0.05) is 36.7 Å². The molecule has 1 aliphatic rings. The molecular weight excluding hydrogens is 324 g/mol. The van der Waals surface area contributed by atoms with Gasteiger partial charge in [-0.25, -0.2) is 0 Å². The molecule has 0 atom stereocenters. The molecule has 1 fully saturated rings. The number of piperidine rings is 1. The molecule has 0 aliphatic carbocycles. The number of amides is 1. The highest BCUT2D eigenvalue weighted by Crippen LogP contribution is 2.26. The average Bonchev–Trinajstić information content (AvgIpc) is 3.04. The van der Waals surface area contributed by atoms with Crippen molar-refractivity contribution in [2.24, 2.45) is 5.41 Å². The maximum Gasteiger partial charge on any atom is 0.254 e. The van der Waals surface area contributed by atoms with E-state index in [9.17, 15) is 4.79 Å². The molecule has 0 radical (unpaired) electrons. The van der Waals surface area contributed by atoms with Gasteiger partial charge in [-0.05, 0) is 43.0 Å². The number of benzene rings is 1. The zero-order valence-electron chi connectivity index (χ0n) is 13.9. The zero-order chi connectivity index (χ0) is 17.0. The van der Waals surface area contributed by atoms with E-state index in [1.165, 1.54) is 0 Å². The molecule has 1 aromatic carbocycles. The minimum Gasteiger partial charge on any atom is -0.351 e. The van der Waals surface area contributed by atoms with Gasteiger partial charge in [0.1, 0.15) is 0 Å². The molecule has 128 valence electrons. The van der Waals surface area contributed by atoms with Crippen LogP contribution in [0.5, 0.6) is 0 Å². The second-order valence-electron chi connectivity index (χ2n) is 6.76. The molecule has 2 aromatic rings. The van der Waals surface area contributed by atoms with Gasteiger partial charge < -0.3 is 10.6 Å². The summed E-state index contributed by atoms with van der Waals surface area (Å²) in [6, 6.07) is 7.66. The fraction of sp³-hybridized carbons (Fsp3) is 0.444. The normalized spacial score (nSPS) is 16.8. The van der Waals surface area contributed by atoms with E-state index in [1.54, 1.807) is 17.1 Å². The van der Waals surface area contributed by atoms with Crippen molar-refractivity contribution in [3.05, 3.63) is 52.8 Å². The number of rotatable bonds is 5. The van der Waals surface area contributed by atoms with Crippen LogP contribution in [-0.2, 0) is 6.54 Å². The monoisotopic (exact) mass is 346 g/mol. The number of carbonyl (C=O) groups is 1. The molecule has 0 saturated carbocycles. The summed E-state index contributed by atoms with van der Waals surface area (Å²) < 4.78 is 1.74. The maximum atomic E-state index is 12.4. The van der Waals surface area contributed by atoms with Crippen molar-refractivity contribution in [2.75, 3.05) is 19.6 Å². The standard InChI is InChI=1S/C18H23ClN4O/c1-18(6-8-20-9-7-18)13-21-17(24)15-10-22-23(12-15)11-14-4-2-3-5-16(14)19/h2-5,10,12,20H,6-9,11,13H2,1H3,(H,21,24). The lowest BCUT2D eigenvalue weighted by molar-refractivity contribution is 0.0922. The van der Waals surface area contributed by atoms with Gasteiger partial charge in [0, 0.05) is 17.8 Å². The first-order chi connectivity index (χ1) is 11.6. The second kappa shape index (κ2) is 7.36. The summed E-state index contributed by atoms with van der Waals surface area (Å²) >= 11 is 6.17. The predicted octanol–water partition coefficient (Wildman–Crippen LogP) is 2.70. The first kappa shape index (κ1) is 17.0. The summed E-state index contributed by atoms with van der Waals surface area (Å²) in [7, 11) is 0. The minimum absolute atomic E-state index is 0.0693. The molecule has 1 aliphatic heterocycles. The van der Waals surface area contributed by atoms with Gasteiger partial charge in [-0.2, -0.15) is 5.10 Å². The van der Waals surface area contributed by atoms with Gasteiger partial charge in [0.05, 0.1) is 18.3 Å². The third kappa shape index (κ3) is 4.16. The number of nitrogens with one attached hydrogen (secondary N) is 2. The Morgan fingerprint density at radius 2 is 2.12 bits per heavy atom. The van der Waals surface area contributed by atoms with E-state index in [1.807, 2.05) is 24.3 Å². The van der Waals surface area contributed by atoms with Crippen LogP contribution in [0.2, 0.25) is 5.02 Å². The number of carbonyl (C=O) groups excluding carboxylic acids is 1. The molecule has 1 aromatic heterocycles. The molecule has 24 heavy (non-hydrogen) atoms. The number of aromatic nitrogens is 2. The highest BCUT2D eigenvalue weighted by molar-refractivity contribution is 6.31. The summed E-state index contributed by atoms with van der Waals surface area (Å²) in [4.78, 5) is 12.4. The quantitative estimate of drug-likeness (QED) is 0.875. The molecule has 5 nitrogen and oxygen atoms in total. The number of nitrogens with zero attached hydrogens (tertiary/aromatic N) is 2. The van der Waals surface area contributed by atoms with E-state index in [-0.39, 0.29) is 11.3 Å². The van der Waals surface area contributed by atoms with Crippen LogP contribution >= 0.6 is 11.6 Å². The zero-order valence-corrected chi connectivity index (χ0v) is 14.6. The van der Waals surface area contributed by atoms with Crippen molar-refractivity contribution < 1.29 is 4.79 Å². The third-order valence-electron chi connectivity index (χ3n) is 4.67. The highest BCUT2D eigenvalue weighted by Gasteiger charge is 2.27. The van der Waals surface area contributed by atoms with Crippen LogP contribution in [0.25, 0.3) is 0 Å². The molecule has 6 heteroatoms. The Morgan fingerprint density at radius 3 is 2.88 bits per heavy atom. The molecule has 2 N–H and O–H groups in total. The van der Waals surface area contributed by atoms with Crippen LogP contribution in [0.15, 0.2) is 36.7 Å². The van der Waals surface area contributed by atoms with Crippen LogP contribution in [0.4, 0.5) is 0 Å². The van der Waals surface area contributed by atoms with Crippen molar-refractivity contribution in [2.45, 2.75) is 26.3 Å². The smallest absolute Gasteiger partial charge is 0.254 e. The van der Waals surface area contributed by atoms with Crippen molar-refractivity contribution in [1.29, 1.82) is 0 Å². The van der Waals surface area contributed by atoms with Crippen molar-refractivity contribution in [3.8, 4) is 0 Å². The highest BCUT2D eigenvalue weighted by atomic mass is 35.5. The fourth-order valence-electron chi connectivity index (χ4n) is 2.97. The lowest BCUT2D eigenvalue weighted by atomic mass is 9.81. The van der Waals surface area contributed by atoms with Gasteiger partial charge in [-0.3, -0.25) is 9.48 Å². The lowest BCUT2D eigenvalue weighted by Crippen LogP contribution is -2.42. The molecule has 2 heterocycles. The van der Waals surface area contributed by atoms with Crippen LogP contribution in [0.1, 0.15) is 35.7 Å². The largest absolute Gasteiger partial charge is 0.351 e. The van der Waals surface area contributed by atoms with E-state index in [0.29, 0.717) is 23.7 Å². The minimum atomic E-state index is -0.0693. The van der Waals surface area contributed by atoms with Crippen molar-refractivity contribution in [3.63, 3.8) is 0 Å². The lowest BCUT2D eigenvalue weighted by Gasteiger charge is -2.34. The Balaban J connectivity index is 1.58. The van der Waals surface area contributed by atoms with Gasteiger partial charge >= 0.3 is 0 Å². The summed E-state index contributed by atoms with van der Waals surface area (Å²) in [5, 5.41) is 11.4. The van der Waals surface area contributed by atoms with E-state index >= 15 is 0 Å². The van der Waals surface area contributed by atoms with E-state index in [0.717, 1.165) is 31.5 Å². The van der Waals surface area contributed by atoms with Crippen LogP contribution < -0.4 is 10.6 Å². The average molecular weight is 347 g/mol. The predicted molar refractivity (Wildman–Crippen MR) is 95.3 cm³/mol. The van der Waals surface area contributed by atoms with Crippen molar-refractivity contribution >= 4 is 17.5 Å². The van der Waals surface area contributed by atoms with Crippen LogP contribution in [0, 0.1) is 5.41 Å². The van der Waals surface area contributed by atoms with Gasteiger partial charge in [-0.15, -0.1) is 0 Å². The Hall–Kier alpha value is -1.85. The van der Waals surface area contributed by atoms with Crippen LogP contribution in [-0.4, -0.2) is 35.3 Å². The van der Waals surface area contributed by atoms with Gasteiger partial charge in [0.15, 0.2) is 0 Å². The number of halogens is 1. The topological polar surface area (TPSA) is 59.0 Å². The Bertz CT molecular complexity index is 707. The SMILES string of the molecule is CC1(CNC(=O)c2cnn(Cc3ccccc3Cl)c2)CCNCC1. The Morgan fingerprint density at radius 1 is 1.38 bits per heavy atom. The van der Waals surface area contributed by atoms with Gasteiger partial charge in [0.2, 0.25) is 0 Å². The molecule has 0 bridgehead atoms. The number of hydrogen-bond acceptors (Lipinski definition) is 3. The molecule has 0 unspecified atom stereocenters. The Kier molecular flexibility index (Phi) is 5.21. The first-order valence-electron chi connectivity index (χ1n) is 8.31. The molecule has 0 spiro atoms. The van der Waals surface area contributed by atoms with E-state index in [4.69, 9.17) is 11.6 Å². The molecule has 3 rings (SSSR count). The maximum absolute atomic E-state index is 12.4. The van der Waals surface area contributed by atoms with E-state index < -0.39 is 0 Å². The number of hydrogen-bond donors (Lipinski definition) is 2. The summed E-state index contributed by atoms with van der Waals surface area (Å²) in [6.45, 7) is 5.51. The first-order valence-corrected chi connectivity index (χ1v) is 8.68. The van der Waals surface area contributed by atoms with Crippen LogP contribution in [0.3, 0.4) is 0 Å². The summed E-state index contributed by atoms with van der Waals surface area (Å²) in [5.41, 5.74) is 1.74. The summed E-state index contributed by atoms with van der Waals surface area (Å²) in [5.74, 6) is -0.0693. The molecular formula is C18H23ClN4O. The second-order valence-corrected chi connectivity index (χ2v) is 7.17. The molecule has 1 amide bonds. The van der Waals surface area contributed by atoms with Crippen molar-refractivity contribution in [1.82, 2.24) is 20.4 Å². The summed E-state index contributed by atoms with van der Waals surface area (Å²) in [6.07, 6.45) is 5.54. The Labute approximate surface area is 147 Å². The third-order valence-corrected chi connectivity index (χ3v) is 5.04. The fourth-order valence-corrected chi connectivity index (χ4v) is 3.17. The van der Waals surface area contributed by atoms with E-state index in [2.05, 4.69) is 22.7 Å². The van der Waals surface area contributed by atoms with Gasteiger partial charge in [0.25, 0.3) is 5.91 Å². The molecule has 1 saturated heterocycles.